The van der Waals surface area contributed by atoms with E-state index in [1.807, 2.05) is 0 Å². The number of nitrogens with zero attached hydrogens (tertiary/aromatic N) is 3. The van der Waals surface area contributed by atoms with Crippen LogP contribution in [-0.2, 0) is 11.8 Å². The van der Waals surface area contributed by atoms with Crippen LogP contribution in [0, 0.1) is 0 Å². The van der Waals surface area contributed by atoms with Crippen molar-refractivity contribution in [2.24, 2.45) is 7.05 Å². The zero-order valence-corrected chi connectivity index (χ0v) is 14.8. The Labute approximate surface area is 150 Å². The van der Waals surface area contributed by atoms with Gasteiger partial charge in [-0.3, -0.25) is 10.1 Å². The molecule has 1 aliphatic rings. The summed E-state index contributed by atoms with van der Waals surface area (Å²) in [6.07, 6.45) is 1.94. The Kier molecular flexibility index (Phi) is 6.16. The summed E-state index contributed by atoms with van der Waals surface area (Å²) in [7, 11) is 2.96. The molecule has 3 heterocycles. The van der Waals surface area contributed by atoms with E-state index < -0.39 is 11.9 Å². The molecule has 2 aromatic heterocycles. The first-order chi connectivity index (χ1) is 11.6. The van der Waals surface area contributed by atoms with Crippen molar-refractivity contribution >= 4 is 30.2 Å². The molecule has 1 amide bonds. The van der Waals surface area contributed by atoms with Crippen molar-refractivity contribution in [3.63, 3.8) is 0 Å². The lowest BCUT2D eigenvalue weighted by molar-refractivity contribution is 0.0563. The van der Waals surface area contributed by atoms with Gasteiger partial charge in [0.1, 0.15) is 0 Å². The van der Waals surface area contributed by atoms with Gasteiger partial charge in [0.2, 0.25) is 11.7 Å². The number of ether oxygens (including phenoxy) is 1. The highest BCUT2D eigenvalue weighted by molar-refractivity contribution is 6.02. The second-order valence-electron chi connectivity index (χ2n) is 5.55. The number of carbonyl (C=O) groups excluding carboxylic acids is 2. The summed E-state index contributed by atoms with van der Waals surface area (Å²) in [4.78, 5) is 28.0. The molecule has 0 spiro atoms. The lowest BCUT2D eigenvalue weighted by atomic mass is 9.98. The van der Waals surface area contributed by atoms with Gasteiger partial charge in [-0.2, -0.15) is 10.1 Å². The van der Waals surface area contributed by atoms with Crippen molar-refractivity contribution in [2.75, 3.05) is 25.5 Å². The van der Waals surface area contributed by atoms with E-state index in [2.05, 4.69) is 25.5 Å². The fraction of sp³-hybridized carbons (Fsp3) is 0.467. The first-order valence-electron chi connectivity index (χ1n) is 7.69. The standard InChI is InChI=1S/C15H19N5O4.ClH/c1-20-15(17-12(19-20)9-5-7-16-8-6-9)18-13(21)10-3-4-11(24-10)14(22)23-2;/h3-4,9,16H,5-8H2,1-2H3,(H,17,18,19,21);1H. The zero-order valence-electron chi connectivity index (χ0n) is 13.9. The number of rotatable bonds is 4. The molecule has 1 fully saturated rings. The summed E-state index contributed by atoms with van der Waals surface area (Å²) in [6.45, 7) is 1.88. The molecule has 9 nitrogen and oxygen atoms in total. The van der Waals surface area contributed by atoms with Crippen LogP contribution in [0.3, 0.4) is 0 Å². The highest BCUT2D eigenvalue weighted by Crippen LogP contribution is 2.23. The smallest absolute Gasteiger partial charge is 0.373 e. The monoisotopic (exact) mass is 369 g/mol. The molecule has 1 saturated heterocycles. The number of methoxy groups -OCH3 is 1. The van der Waals surface area contributed by atoms with Crippen molar-refractivity contribution in [1.29, 1.82) is 0 Å². The minimum atomic E-state index is -0.638. The Morgan fingerprint density at radius 3 is 2.68 bits per heavy atom. The average Bonchev–Trinajstić information content (AvgIpc) is 3.23. The molecule has 0 aromatic carbocycles. The third-order valence-electron chi connectivity index (χ3n) is 3.93. The van der Waals surface area contributed by atoms with Crippen LogP contribution in [0.1, 0.15) is 45.7 Å². The van der Waals surface area contributed by atoms with Crippen molar-refractivity contribution < 1.29 is 18.7 Å². The van der Waals surface area contributed by atoms with Gasteiger partial charge in [0.25, 0.3) is 5.91 Å². The third kappa shape index (κ3) is 4.18. The molecule has 2 N–H and O–H groups in total. The summed E-state index contributed by atoms with van der Waals surface area (Å²) in [5.41, 5.74) is 0. The van der Waals surface area contributed by atoms with Gasteiger partial charge in [0, 0.05) is 13.0 Å². The number of nitrogens with one attached hydrogen (secondary N) is 2. The molecule has 0 radical (unpaired) electrons. The second-order valence-corrected chi connectivity index (χ2v) is 5.55. The summed E-state index contributed by atoms with van der Waals surface area (Å²) in [5, 5.41) is 10.3. The van der Waals surface area contributed by atoms with Crippen LogP contribution in [-0.4, -0.2) is 46.8 Å². The fourth-order valence-corrected chi connectivity index (χ4v) is 2.60. The van der Waals surface area contributed by atoms with Gasteiger partial charge in [-0.1, -0.05) is 0 Å². The van der Waals surface area contributed by atoms with Crippen LogP contribution in [0.5, 0.6) is 0 Å². The molecule has 3 rings (SSSR count). The van der Waals surface area contributed by atoms with Gasteiger partial charge in [-0.05, 0) is 38.1 Å². The summed E-state index contributed by atoms with van der Waals surface area (Å²) < 4.78 is 11.2. The molecule has 10 heteroatoms. The first kappa shape index (κ1) is 18.9. The average molecular weight is 370 g/mol. The van der Waals surface area contributed by atoms with Crippen molar-refractivity contribution in [3.05, 3.63) is 29.5 Å². The summed E-state index contributed by atoms with van der Waals surface area (Å²) >= 11 is 0. The minimum absolute atomic E-state index is 0. The Morgan fingerprint density at radius 1 is 1.32 bits per heavy atom. The fourth-order valence-electron chi connectivity index (χ4n) is 2.60. The lowest BCUT2D eigenvalue weighted by Crippen LogP contribution is -2.27. The van der Waals surface area contributed by atoms with E-state index in [1.165, 1.54) is 23.9 Å². The van der Waals surface area contributed by atoms with E-state index >= 15 is 0 Å². The predicted molar refractivity (Wildman–Crippen MR) is 91.1 cm³/mol. The number of hydrogen-bond acceptors (Lipinski definition) is 7. The largest absolute Gasteiger partial charge is 0.463 e. The quantitative estimate of drug-likeness (QED) is 0.782. The van der Waals surface area contributed by atoms with E-state index in [9.17, 15) is 9.59 Å². The van der Waals surface area contributed by atoms with E-state index in [-0.39, 0.29) is 29.8 Å². The zero-order chi connectivity index (χ0) is 17.1. The molecule has 0 aliphatic carbocycles. The Bertz CT molecular complexity index is 751. The van der Waals surface area contributed by atoms with Crippen LogP contribution in [0.15, 0.2) is 16.5 Å². The third-order valence-corrected chi connectivity index (χ3v) is 3.93. The molecule has 0 bridgehead atoms. The molecule has 0 atom stereocenters. The molecule has 0 unspecified atom stereocenters. The summed E-state index contributed by atoms with van der Waals surface area (Å²) in [5.74, 6) is 0.183. The lowest BCUT2D eigenvalue weighted by Gasteiger charge is -2.19. The maximum atomic E-state index is 12.2. The van der Waals surface area contributed by atoms with Gasteiger partial charge in [0.15, 0.2) is 11.6 Å². The normalized spacial score (nSPS) is 14.6. The number of amides is 1. The number of hydrogen-bond donors (Lipinski definition) is 2. The SMILES string of the molecule is COC(=O)c1ccc(C(=O)Nc2nc(C3CCNCC3)nn2C)o1.Cl. The number of carbonyl (C=O) groups is 2. The molecule has 2 aromatic rings. The number of aromatic nitrogens is 3. The number of piperidine rings is 1. The molecular weight excluding hydrogens is 350 g/mol. The molecule has 1 aliphatic heterocycles. The maximum absolute atomic E-state index is 12.2. The minimum Gasteiger partial charge on any atom is -0.463 e. The number of furan rings is 1. The number of anilines is 1. The highest BCUT2D eigenvalue weighted by Gasteiger charge is 2.22. The number of halogens is 1. The Morgan fingerprint density at radius 2 is 2.00 bits per heavy atom. The predicted octanol–water partition coefficient (Wildman–Crippen LogP) is 1.34. The Hall–Kier alpha value is -2.39. The van der Waals surface area contributed by atoms with Crippen molar-refractivity contribution in [1.82, 2.24) is 20.1 Å². The molecule has 25 heavy (non-hydrogen) atoms. The molecular formula is C15H20ClN5O4. The highest BCUT2D eigenvalue weighted by atomic mass is 35.5. The number of aryl methyl sites for hydroxylation is 1. The van der Waals surface area contributed by atoms with E-state index in [0.717, 1.165) is 31.8 Å². The summed E-state index contributed by atoms with van der Waals surface area (Å²) in [6, 6.07) is 2.80. The van der Waals surface area contributed by atoms with Crippen LogP contribution in [0.4, 0.5) is 5.95 Å². The van der Waals surface area contributed by atoms with Crippen LogP contribution < -0.4 is 10.6 Å². The Balaban J connectivity index is 0.00000225. The van der Waals surface area contributed by atoms with Crippen LogP contribution >= 0.6 is 12.4 Å². The van der Waals surface area contributed by atoms with E-state index in [0.29, 0.717) is 5.95 Å². The van der Waals surface area contributed by atoms with Crippen molar-refractivity contribution in [2.45, 2.75) is 18.8 Å². The van der Waals surface area contributed by atoms with Crippen LogP contribution in [0.25, 0.3) is 0 Å². The van der Waals surface area contributed by atoms with E-state index in [1.54, 1.807) is 7.05 Å². The topological polar surface area (TPSA) is 111 Å². The molecule has 0 saturated carbocycles. The number of esters is 1. The molecule has 136 valence electrons. The maximum Gasteiger partial charge on any atom is 0.373 e. The second kappa shape index (κ2) is 8.13. The van der Waals surface area contributed by atoms with E-state index in [4.69, 9.17) is 4.42 Å². The van der Waals surface area contributed by atoms with Gasteiger partial charge in [-0.15, -0.1) is 12.4 Å². The van der Waals surface area contributed by atoms with Gasteiger partial charge in [-0.25, -0.2) is 9.48 Å². The van der Waals surface area contributed by atoms with Crippen LogP contribution in [0.2, 0.25) is 0 Å². The van der Waals surface area contributed by atoms with Crippen molar-refractivity contribution in [3.8, 4) is 0 Å². The van der Waals surface area contributed by atoms with Gasteiger partial charge in [0.05, 0.1) is 7.11 Å². The van der Waals surface area contributed by atoms with Gasteiger partial charge < -0.3 is 14.5 Å². The van der Waals surface area contributed by atoms with Gasteiger partial charge >= 0.3 is 5.97 Å². The first-order valence-corrected chi connectivity index (χ1v) is 7.69.